The van der Waals surface area contributed by atoms with Gasteiger partial charge in [0.15, 0.2) is 16.4 Å². The molecule has 3 aromatic rings. The normalized spacial score (nSPS) is 16.6. The number of anilines is 1. The van der Waals surface area contributed by atoms with Crippen LogP contribution in [0.4, 0.5) is 5.69 Å². The Morgan fingerprint density at radius 1 is 0.853 bits per heavy atom. The number of carbonyl (C=O) groups is 2. The quantitative estimate of drug-likeness (QED) is 0.461. The van der Waals surface area contributed by atoms with Gasteiger partial charge in [0.1, 0.15) is 0 Å². The smallest absolute Gasteiger partial charge is 0.338 e. The van der Waals surface area contributed by atoms with Crippen molar-refractivity contribution in [1.82, 2.24) is 0 Å². The lowest BCUT2D eigenvalue weighted by Crippen LogP contribution is -2.43. The highest BCUT2D eigenvalue weighted by molar-refractivity contribution is 7.91. The molecule has 0 radical (unpaired) electrons. The van der Waals surface area contributed by atoms with Crippen molar-refractivity contribution in [3.05, 3.63) is 102 Å². The van der Waals surface area contributed by atoms with E-state index in [0.29, 0.717) is 24.1 Å². The number of hydrogen-bond donors (Lipinski definition) is 0. The number of benzene rings is 3. The molecule has 1 aliphatic heterocycles. The van der Waals surface area contributed by atoms with E-state index in [9.17, 15) is 18.0 Å². The van der Waals surface area contributed by atoms with Crippen LogP contribution in [-0.4, -0.2) is 44.4 Å². The Kier molecular flexibility index (Phi) is 7.43. The fourth-order valence-corrected chi connectivity index (χ4v) is 5.96. The lowest BCUT2D eigenvalue weighted by molar-refractivity contribution is -0.122. The Bertz CT molecular complexity index is 1240. The number of rotatable bonds is 8. The van der Waals surface area contributed by atoms with Gasteiger partial charge in [-0.2, -0.15) is 0 Å². The topological polar surface area (TPSA) is 80.8 Å². The number of amides is 1. The first-order valence-corrected chi connectivity index (χ1v) is 13.1. The molecule has 1 saturated heterocycles. The molecule has 1 fully saturated rings. The van der Waals surface area contributed by atoms with Gasteiger partial charge in [-0.15, -0.1) is 0 Å². The molecule has 0 saturated carbocycles. The molecular weight excluding hydrogens is 450 g/mol. The lowest BCUT2D eigenvalue weighted by Gasteiger charge is -2.28. The molecule has 176 valence electrons. The fourth-order valence-electron chi connectivity index (χ4n) is 4.26. The Labute approximate surface area is 200 Å². The number of hydrogen-bond acceptors (Lipinski definition) is 5. The predicted molar refractivity (Wildman–Crippen MR) is 132 cm³/mol. The molecule has 3 aromatic carbocycles. The van der Waals surface area contributed by atoms with E-state index in [2.05, 4.69) is 0 Å². The Balaban J connectivity index is 1.45. The van der Waals surface area contributed by atoms with Crippen LogP contribution >= 0.6 is 0 Å². The predicted octanol–water partition coefficient (Wildman–Crippen LogP) is 3.85. The Hall–Kier alpha value is -3.45. The van der Waals surface area contributed by atoms with Crippen LogP contribution in [0.1, 0.15) is 27.9 Å². The second-order valence-corrected chi connectivity index (χ2v) is 10.6. The maximum atomic E-state index is 13.1. The second-order valence-electron chi connectivity index (χ2n) is 8.38. The maximum absolute atomic E-state index is 13.1. The summed E-state index contributed by atoms with van der Waals surface area (Å²) in [6, 6.07) is 25.7. The van der Waals surface area contributed by atoms with E-state index >= 15 is 0 Å². The number of esters is 1. The SMILES string of the molecule is O=C(OCC(=O)N(c1ccccc1)C1CCS(=O)(=O)C1)c1ccccc1CCc1ccccc1. The van der Waals surface area contributed by atoms with E-state index in [4.69, 9.17) is 4.74 Å². The number of sulfone groups is 1. The van der Waals surface area contributed by atoms with Gasteiger partial charge in [-0.25, -0.2) is 13.2 Å². The summed E-state index contributed by atoms with van der Waals surface area (Å²) in [7, 11) is -3.19. The highest BCUT2D eigenvalue weighted by atomic mass is 32.2. The van der Waals surface area contributed by atoms with Gasteiger partial charge in [-0.05, 0) is 48.6 Å². The molecule has 0 N–H and O–H groups in total. The summed E-state index contributed by atoms with van der Waals surface area (Å²) < 4.78 is 29.5. The van der Waals surface area contributed by atoms with Crippen molar-refractivity contribution in [1.29, 1.82) is 0 Å². The molecule has 0 bridgehead atoms. The Morgan fingerprint density at radius 3 is 2.18 bits per heavy atom. The van der Waals surface area contributed by atoms with Gasteiger partial charge >= 0.3 is 5.97 Å². The number of para-hydroxylation sites is 1. The molecule has 0 aromatic heterocycles. The highest BCUT2D eigenvalue weighted by Gasteiger charge is 2.35. The van der Waals surface area contributed by atoms with Gasteiger partial charge in [0.2, 0.25) is 0 Å². The van der Waals surface area contributed by atoms with Crippen LogP contribution in [0, 0.1) is 0 Å². The molecule has 34 heavy (non-hydrogen) atoms. The third-order valence-corrected chi connectivity index (χ3v) is 7.72. The van der Waals surface area contributed by atoms with E-state index in [-0.39, 0.29) is 11.5 Å². The van der Waals surface area contributed by atoms with Gasteiger partial charge in [0.05, 0.1) is 23.1 Å². The molecule has 1 aliphatic rings. The maximum Gasteiger partial charge on any atom is 0.338 e. The first kappa shape index (κ1) is 23.7. The summed E-state index contributed by atoms with van der Waals surface area (Å²) >= 11 is 0. The van der Waals surface area contributed by atoms with Gasteiger partial charge in [0.25, 0.3) is 5.91 Å². The van der Waals surface area contributed by atoms with Crippen LogP contribution in [0.2, 0.25) is 0 Å². The summed E-state index contributed by atoms with van der Waals surface area (Å²) in [4.78, 5) is 27.5. The zero-order chi connectivity index (χ0) is 24.0. The number of nitrogens with zero attached hydrogens (tertiary/aromatic N) is 1. The third kappa shape index (κ3) is 5.91. The van der Waals surface area contributed by atoms with Crippen LogP contribution in [-0.2, 0) is 32.2 Å². The minimum atomic E-state index is -3.19. The minimum absolute atomic E-state index is 0.0445. The zero-order valence-electron chi connectivity index (χ0n) is 18.8. The average molecular weight is 478 g/mol. The monoisotopic (exact) mass is 477 g/mol. The van der Waals surface area contributed by atoms with Crippen molar-refractivity contribution in [2.75, 3.05) is 23.0 Å². The molecular formula is C27H27NO5S. The molecule has 4 rings (SSSR count). The summed E-state index contributed by atoms with van der Waals surface area (Å²) in [6.45, 7) is -0.461. The molecule has 1 heterocycles. The molecule has 6 nitrogen and oxygen atoms in total. The van der Waals surface area contributed by atoms with Crippen LogP contribution in [0.25, 0.3) is 0 Å². The van der Waals surface area contributed by atoms with Crippen molar-refractivity contribution < 1.29 is 22.7 Å². The molecule has 0 spiro atoms. The molecule has 7 heteroatoms. The fraction of sp³-hybridized carbons (Fsp3) is 0.259. The average Bonchev–Trinajstić information content (AvgIpc) is 3.21. The minimum Gasteiger partial charge on any atom is -0.452 e. The van der Waals surface area contributed by atoms with Crippen LogP contribution < -0.4 is 4.90 Å². The molecule has 1 unspecified atom stereocenters. The van der Waals surface area contributed by atoms with Crippen LogP contribution in [0.5, 0.6) is 0 Å². The largest absolute Gasteiger partial charge is 0.452 e. The van der Waals surface area contributed by atoms with Gasteiger partial charge in [-0.1, -0.05) is 66.7 Å². The van der Waals surface area contributed by atoms with Gasteiger partial charge in [-0.3, -0.25) is 4.79 Å². The van der Waals surface area contributed by atoms with Crippen LogP contribution in [0.3, 0.4) is 0 Å². The second kappa shape index (κ2) is 10.7. The van der Waals surface area contributed by atoms with E-state index in [1.165, 1.54) is 10.5 Å². The van der Waals surface area contributed by atoms with Gasteiger partial charge in [0, 0.05) is 5.69 Å². The molecule has 0 aliphatic carbocycles. The van der Waals surface area contributed by atoms with Crippen molar-refractivity contribution in [3.8, 4) is 0 Å². The van der Waals surface area contributed by atoms with Crippen molar-refractivity contribution in [3.63, 3.8) is 0 Å². The zero-order valence-corrected chi connectivity index (χ0v) is 19.6. The van der Waals surface area contributed by atoms with Crippen molar-refractivity contribution in [2.45, 2.75) is 25.3 Å². The third-order valence-electron chi connectivity index (χ3n) is 5.97. The van der Waals surface area contributed by atoms with Crippen molar-refractivity contribution >= 4 is 27.4 Å². The summed E-state index contributed by atoms with van der Waals surface area (Å²) in [6.07, 6.45) is 1.81. The van der Waals surface area contributed by atoms with Crippen molar-refractivity contribution in [2.24, 2.45) is 0 Å². The highest BCUT2D eigenvalue weighted by Crippen LogP contribution is 2.25. The number of ether oxygens (including phenoxy) is 1. The lowest BCUT2D eigenvalue weighted by atomic mass is 10.00. The standard InChI is InChI=1S/C27H27NO5S/c29-26(28(23-12-5-2-6-13-23)24-17-18-34(31,32)20-24)19-33-27(30)25-14-8-7-11-22(25)16-15-21-9-3-1-4-10-21/h1-14,24H,15-20H2. The summed E-state index contributed by atoms with van der Waals surface area (Å²) in [5.41, 5.74) is 3.05. The first-order valence-electron chi connectivity index (χ1n) is 11.3. The van der Waals surface area contributed by atoms with E-state index in [1.54, 1.807) is 36.4 Å². The van der Waals surface area contributed by atoms with Gasteiger partial charge < -0.3 is 9.64 Å². The Morgan fingerprint density at radius 2 is 1.50 bits per heavy atom. The number of aryl methyl sites for hydroxylation is 2. The number of carbonyl (C=O) groups excluding carboxylic acids is 2. The molecule has 1 atom stereocenters. The van der Waals surface area contributed by atoms with E-state index in [0.717, 1.165) is 12.0 Å². The van der Waals surface area contributed by atoms with Crippen LogP contribution in [0.15, 0.2) is 84.9 Å². The molecule has 1 amide bonds. The summed E-state index contributed by atoms with van der Waals surface area (Å²) in [5, 5.41) is 0. The summed E-state index contributed by atoms with van der Waals surface area (Å²) in [5.74, 6) is -1.06. The first-order chi connectivity index (χ1) is 16.4. The van der Waals surface area contributed by atoms with E-state index < -0.39 is 34.4 Å². The van der Waals surface area contributed by atoms with E-state index in [1.807, 2.05) is 48.5 Å².